The second kappa shape index (κ2) is 7.98. The number of carbonyl (C=O) groups excluding carboxylic acids is 2. The van der Waals surface area contributed by atoms with Crippen molar-refractivity contribution in [2.75, 3.05) is 13.1 Å². The highest BCUT2D eigenvalue weighted by Crippen LogP contribution is 1.89. The third kappa shape index (κ3) is 11.1. The number of rotatable bonds is 10. The molecule has 17 heavy (non-hydrogen) atoms. The topological polar surface area (TPSA) is 144 Å². The van der Waals surface area contributed by atoms with Crippen molar-refractivity contribution >= 4 is 22.0 Å². The average molecular weight is 266 g/mol. The van der Waals surface area contributed by atoms with E-state index in [1.54, 1.807) is 0 Å². The van der Waals surface area contributed by atoms with Crippen molar-refractivity contribution in [3.8, 4) is 0 Å². The Morgan fingerprint density at radius 2 is 1.24 bits per heavy atom. The highest BCUT2D eigenvalue weighted by Gasteiger charge is 2.08. The van der Waals surface area contributed by atoms with E-state index in [9.17, 15) is 18.0 Å². The molecule has 0 heterocycles. The summed E-state index contributed by atoms with van der Waals surface area (Å²) in [5.41, 5.74) is 9.79. The minimum absolute atomic E-state index is 0.129. The van der Waals surface area contributed by atoms with Gasteiger partial charge in [-0.25, -0.2) is 9.44 Å². The molecule has 0 aliphatic rings. The standard InChI is InChI=1S/C8H18N4O4S/c9-7(13)3-1-5-11-17(15,16)12-6-2-4-8(10)14/h11-12H,1-6H2,(H2,9,13)(H2,10,14). The number of amides is 2. The molecule has 100 valence electrons. The normalized spacial score (nSPS) is 11.3. The molecular weight excluding hydrogens is 248 g/mol. The van der Waals surface area contributed by atoms with Gasteiger partial charge in [0, 0.05) is 25.9 Å². The number of primary amides is 2. The van der Waals surface area contributed by atoms with Crippen LogP contribution >= 0.6 is 0 Å². The van der Waals surface area contributed by atoms with Crippen LogP contribution in [-0.4, -0.2) is 33.3 Å². The molecule has 0 saturated heterocycles. The van der Waals surface area contributed by atoms with Crippen LogP contribution in [0.25, 0.3) is 0 Å². The highest BCUT2D eigenvalue weighted by atomic mass is 32.2. The highest BCUT2D eigenvalue weighted by molar-refractivity contribution is 7.87. The lowest BCUT2D eigenvalue weighted by Gasteiger charge is -2.07. The fourth-order valence-electron chi connectivity index (χ4n) is 0.989. The van der Waals surface area contributed by atoms with Gasteiger partial charge < -0.3 is 11.5 Å². The van der Waals surface area contributed by atoms with Gasteiger partial charge in [-0.15, -0.1) is 0 Å². The predicted molar refractivity (Wildman–Crippen MR) is 61.8 cm³/mol. The molecule has 0 aliphatic carbocycles. The SMILES string of the molecule is NC(=O)CCCNS(=O)(=O)NCCCC(N)=O. The molecule has 0 bridgehead atoms. The monoisotopic (exact) mass is 266 g/mol. The summed E-state index contributed by atoms with van der Waals surface area (Å²) in [7, 11) is -3.58. The second-order valence-electron chi connectivity index (χ2n) is 3.43. The minimum atomic E-state index is -3.58. The third-order valence-electron chi connectivity index (χ3n) is 1.78. The summed E-state index contributed by atoms with van der Waals surface area (Å²) in [5.74, 6) is -0.947. The smallest absolute Gasteiger partial charge is 0.276 e. The van der Waals surface area contributed by atoms with Gasteiger partial charge in [-0.2, -0.15) is 8.42 Å². The van der Waals surface area contributed by atoms with E-state index in [0.29, 0.717) is 12.8 Å². The van der Waals surface area contributed by atoms with Gasteiger partial charge in [-0.3, -0.25) is 9.59 Å². The average Bonchev–Trinajstić information content (AvgIpc) is 2.19. The van der Waals surface area contributed by atoms with Crippen LogP contribution < -0.4 is 20.9 Å². The lowest BCUT2D eigenvalue weighted by Crippen LogP contribution is -2.38. The molecule has 0 aromatic rings. The quantitative estimate of drug-likeness (QED) is 0.337. The van der Waals surface area contributed by atoms with Gasteiger partial charge >= 0.3 is 0 Å². The largest absolute Gasteiger partial charge is 0.370 e. The number of nitrogens with two attached hydrogens (primary N) is 2. The molecule has 0 rings (SSSR count). The molecule has 0 aromatic heterocycles. The van der Waals surface area contributed by atoms with E-state index in [0.717, 1.165) is 0 Å². The Kier molecular flexibility index (Phi) is 7.42. The van der Waals surface area contributed by atoms with Crippen LogP contribution in [0.4, 0.5) is 0 Å². The molecule has 0 fully saturated rings. The van der Waals surface area contributed by atoms with E-state index in [2.05, 4.69) is 9.44 Å². The van der Waals surface area contributed by atoms with Crippen molar-refractivity contribution in [3.05, 3.63) is 0 Å². The minimum Gasteiger partial charge on any atom is -0.370 e. The zero-order chi connectivity index (χ0) is 13.3. The first kappa shape index (κ1) is 15.8. The molecule has 0 radical (unpaired) electrons. The van der Waals surface area contributed by atoms with Gasteiger partial charge in [0.05, 0.1) is 0 Å². The summed E-state index contributed by atoms with van der Waals surface area (Å²) >= 11 is 0. The maximum atomic E-state index is 11.3. The van der Waals surface area contributed by atoms with E-state index in [1.165, 1.54) is 0 Å². The fourth-order valence-corrected chi connectivity index (χ4v) is 1.92. The maximum absolute atomic E-state index is 11.3. The van der Waals surface area contributed by atoms with Crippen LogP contribution in [0.3, 0.4) is 0 Å². The number of carbonyl (C=O) groups is 2. The predicted octanol–water partition coefficient (Wildman–Crippen LogP) is -2.06. The summed E-state index contributed by atoms with van der Waals surface area (Å²) in [6.07, 6.45) is 0.948. The number of nitrogens with one attached hydrogen (secondary N) is 2. The van der Waals surface area contributed by atoms with E-state index in [1.807, 2.05) is 0 Å². The maximum Gasteiger partial charge on any atom is 0.276 e. The van der Waals surface area contributed by atoms with Crippen molar-refractivity contribution in [3.63, 3.8) is 0 Å². The lowest BCUT2D eigenvalue weighted by atomic mass is 10.3. The van der Waals surface area contributed by atoms with E-state index >= 15 is 0 Å². The zero-order valence-corrected chi connectivity index (χ0v) is 10.3. The zero-order valence-electron chi connectivity index (χ0n) is 9.44. The van der Waals surface area contributed by atoms with Crippen molar-refractivity contribution < 1.29 is 18.0 Å². The summed E-state index contributed by atoms with van der Waals surface area (Å²) in [6, 6.07) is 0. The van der Waals surface area contributed by atoms with E-state index < -0.39 is 22.0 Å². The lowest BCUT2D eigenvalue weighted by molar-refractivity contribution is -0.118. The molecule has 6 N–H and O–H groups in total. The molecule has 0 atom stereocenters. The van der Waals surface area contributed by atoms with Crippen molar-refractivity contribution in [2.24, 2.45) is 11.5 Å². The van der Waals surface area contributed by atoms with Gasteiger partial charge in [-0.1, -0.05) is 0 Å². The van der Waals surface area contributed by atoms with Crippen LogP contribution in [-0.2, 0) is 19.8 Å². The molecule has 2 amide bonds. The summed E-state index contributed by atoms with van der Waals surface area (Å²) < 4.78 is 27.0. The van der Waals surface area contributed by atoms with Gasteiger partial charge in [0.25, 0.3) is 10.2 Å². The Morgan fingerprint density at radius 1 is 0.882 bits per heavy atom. The van der Waals surface area contributed by atoms with Gasteiger partial charge in [0.1, 0.15) is 0 Å². The van der Waals surface area contributed by atoms with Crippen molar-refractivity contribution in [2.45, 2.75) is 25.7 Å². The number of hydrogen-bond donors (Lipinski definition) is 4. The molecule has 9 heteroatoms. The molecule has 8 nitrogen and oxygen atoms in total. The summed E-state index contributed by atoms with van der Waals surface area (Å²) in [6.45, 7) is 0.266. The first-order valence-electron chi connectivity index (χ1n) is 5.14. The molecule has 0 saturated carbocycles. The molecule has 0 aliphatic heterocycles. The van der Waals surface area contributed by atoms with Crippen LogP contribution in [0.5, 0.6) is 0 Å². The summed E-state index contributed by atoms with van der Waals surface area (Å²) in [5, 5.41) is 0. The van der Waals surface area contributed by atoms with E-state index in [-0.39, 0.29) is 25.9 Å². The Morgan fingerprint density at radius 3 is 1.53 bits per heavy atom. The van der Waals surface area contributed by atoms with E-state index in [4.69, 9.17) is 11.5 Å². The molecule has 0 spiro atoms. The summed E-state index contributed by atoms with van der Waals surface area (Å²) in [4.78, 5) is 20.8. The third-order valence-corrected chi connectivity index (χ3v) is 2.95. The molecule has 0 aromatic carbocycles. The Balaban J connectivity index is 3.66. The molecular formula is C8H18N4O4S. The number of hydrogen-bond acceptors (Lipinski definition) is 4. The molecule has 0 unspecified atom stereocenters. The van der Waals surface area contributed by atoms with Crippen LogP contribution in [0.2, 0.25) is 0 Å². The Bertz CT molecular complexity index is 327. The van der Waals surface area contributed by atoms with Crippen molar-refractivity contribution in [1.82, 2.24) is 9.44 Å². The fraction of sp³-hybridized carbons (Fsp3) is 0.750. The Hall–Kier alpha value is -1.19. The first-order valence-corrected chi connectivity index (χ1v) is 6.62. The van der Waals surface area contributed by atoms with Crippen LogP contribution in [0.15, 0.2) is 0 Å². The first-order chi connectivity index (χ1) is 7.83. The van der Waals surface area contributed by atoms with Crippen molar-refractivity contribution in [1.29, 1.82) is 0 Å². The second-order valence-corrected chi connectivity index (χ2v) is 5.02. The van der Waals surface area contributed by atoms with Gasteiger partial charge in [0.15, 0.2) is 0 Å². The van der Waals surface area contributed by atoms with Crippen LogP contribution in [0.1, 0.15) is 25.7 Å². The van der Waals surface area contributed by atoms with Crippen LogP contribution in [0, 0.1) is 0 Å². The Labute approximate surface area is 100 Å². The van der Waals surface area contributed by atoms with Gasteiger partial charge in [-0.05, 0) is 12.8 Å². The van der Waals surface area contributed by atoms with Gasteiger partial charge in [0.2, 0.25) is 11.8 Å².